The maximum atomic E-state index is 11.1. The van der Waals surface area contributed by atoms with Gasteiger partial charge in [-0.2, -0.15) is 0 Å². The van der Waals surface area contributed by atoms with E-state index in [1.54, 1.807) is 7.11 Å². The quantitative estimate of drug-likeness (QED) is 0.868. The van der Waals surface area contributed by atoms with Gasteiger partial charge >= 0.3 is 5.97 Å². The molecule has 0 spiro atoms. The smallest absolute Gasteiger partial charge is 0.354 e. The number of carboxylic acid groups (broad SMARTS) is 1. The molecule has 0 aliphatic carbocycles. The summed E-state index contributed by atoms with van der Waals surface area (Å²) in [6, 6.07) is 5.69. The van der Waals surface area contributed by atoms with Crippen LogP contribution in [0.2, 0.25) is 0 Å². The number of hydrogen-bond donors (Lipinski definition) is 2. The fourth-order valence-corrected chi connectivity index (χ4v) is 1.82. The molecule has 0 fully saturated rings. The highest BCUT2D eigenvalue weighted by Gasteiger charge is 2.18. The van der Waals surface area contributed by atoms with Crippen molar-refractivity contribution in [1.82, 2.24) is 9.97 Å². The Kier molecular flexibility index (Phi) is 3.32. The van der Waals surface area contributed by atoms with E-state index in [-0.39, 0.29) is 5.69 Å². The van der Waals surface area contributed by atoms with Crippen molar-refractivity contribution < 1.29 is 14.6 Å². The molecular formula is C13H14N2O3. The fourth-order valence-electron chi connectivity index (χ4n) is 1.82. The summed E-state index contributed by atoms with van der Waals surface area (Å²) in [5.74, 6) is -0.423. The zero-order chi connectivity index (χ0) is 13.1. The molecule has 5 heteroatoms. The van der Waals surface area contributed by atoms with Gasteiger partial charge in [-0.25, -0.2) is 9.78 Å². The summed E-state index contributed by atoms with van der Waals surface area (Å²) in [5.41, 5.74) is 2.26. The summed E-state index contributed by atoms with van der Waals surface area (Å²) in [5, 5.41) is 9.09. The Morgan fingerprint density at radius 1 is 1.50 bits per heavy atom. The second-order valence-electron chi connectivity index (χ2n) is 3.82. The van der Waals surface area contributed by atoms with E-state index in [4.69, 9.17) is 9.84 Å². The molecule has 2 aromatic rings. The van der Waals surface area contributed by atoms with E-state index in [1.807, 2.05) is 25.1 Å². The van der Waals surface area contributed by atoms with Gasteiger partial charge in [-0.3, -0.25) is 0 Å². The minimum absolute atomic E-state index is 0.0709. The van der Waals surface area contributed by atoms with Crippen LogP contribution in [0.25, 0.3) is 11.3 Å². The highest BCUT2D eigenvalue weighted by atomic mass is 16.5. The third-order valence-electron chi connectivity index (χ3n) is 2.78. The number of nitrogens with zero attached hydrogens (tertiary/aromatic N) is 1. The van der Waals surface area contributed by atoms with Crippen LogP contribution in [0.4, 0.5) is 0 Å². The number of rotatable bonds is 4. The van der Waals surface area contributed by atoms with Crippen LogP contribution in [0.15, 0.2) is 24.5 Å². The van der Waals surface area contributed by atoms with Crippen LogP contribution < -0.4 is 4.74 Å². The second-order valence-corrected chi connectivity index (χ2v) is 3.82. The summed E-state index contributed by atoms with van der Waals surface area (Å²) in [4.78, 5) is 17.8. The first kappa shape index (κ1) is 12.2. The third-order valence-corrected chi connectivity index (χ3v) is 2.78. The number of aromatic carboxylic acids is 1. The van der Waals surface area contributed by atoms with Gasteiger partial charge in [0.2, 0.25) is 0 Å². The zero-order valence-electron chi connectivity index (χ0n) is 10.2. The number of aryl methyl sites for hydroxylation is 1. The number of nitrogens with one attached hydrogen (secondary N) is 1. The molecule has 1 heterocycles. The number of carbonyl (C=O) groups is 1. The van der Waals surface area contributed by atoms with Gasteiger partial charge in [0.1, 0.15) is 11.4 Å². The molecular weight excluding hydrogens is 232 g/mol. The van der Waals surface area contributed by atoms with Crippen molar-refractivity contribution in [3.8, 4) is 17.0 Å². The molecule has 0 bridgehead atoms. The topological polar surface area (TPSA) is 75.2 Å². The van der Waals surface area contributed by atoms with E-state index in [9.17, 15) is 4.79 Å². The van der Waals surface area contributed by atoms with Gasteiger partial charge in [0.05, 0.1) is 13.4 Å². The first-order chi connectivity index (χ1) is 8.67. The summed E-state index contributed by atoms with van der Waals surface area (Å²) in [6.07, 6.45) is 2.24. The molecule has 0 saturated heterocycles. The predicted octanol–water partition coefficient (Wildman–Crippen LogP) is 2.35. The van der Waals surface area contributed by atoms with E-state index in [2.05, 4.69) is 9.97 Å². The average Bonchev–Trinajstić information content (AvgIpc) is 2.87. The maximum Gasteiger partial charge on any atom is 0.354 e. The molecule has 0 aliphatic heterocycles. The molecule has 0 amide bonds. The van der Waals surface area contributed by atoms with Crippen molar-refractivity contribution in [2.45, 2.75) is 13.3 Å². The minimum atomic E-state index is -1.04. The van der Waals surface area contributed by atoms with Gasteiger partial charge in [0, 0.05) is 5.56 Å². The first-order valence-corrected chi connectivity index (χ1v) is 5.61. The largest absolute Gasteiger partial charge is 0.496 e. The van der Waals surface area contributed by atoms with Crippen molar-refractivity contribution in [3.63, 3.8) is 0 Å². The zero-order valence-corrected chi connectivity index (χ0v) is 10.2. The first-order valence-electron chi connectivity index (χ1n) is 5.61. The third kappa shape index (κ3) is 2.07. The standard InChI is InChI=1S/C13H14N2O3/c1-3-8-4-5-10(18-2)9(6-8)11-12(13(16)17)15-7-14-11/h4-7H,3H2,1-2H3,(H,14,15)(H,16,17). The number of methoxy groups -OCH3 is 1. The molecule has 1 aromatic heterocycles. The normalized spacial score (nSPS) is 10.3. The monoisotopic (exact) mass is 246 g/mol. The highest BCUT2D eigenvalue weighted by molar-refractivity contribution is 5.93. The van der Waals surface area contributed by atoms with Gasteiger partial charge in [-0.1, -0.05) is 13.0 Å². The van der Waals surface area contributed by atoms with Crippen molar-refractivity contribution in [3.05, 3.63) is 35.8 Å². The van der Waals surface area contributed by atoms with Crippen LogP contribution in [0.3, 0.4) is 0 Å². The molecule has 5 nitrogen and oxygen atoms in total. The number of aromatic nitrogens is 2. The SMILES string of the molecule is CCc1ccc(OC)c(-c2nc[nH]c2C(=O)O)c1. The molecule has 1 aromatic carbocycles. The summed E-state index contributed by atoms with van der Waals surface area (Å²) >= 11 is 0. The van der Waals surface area contributed by atoms with Crippen LogP contribution in [0.5, 0.6) is 5.75 Å². The van der Waals surface area contributed by atoms with E-state index < -0.39 is 5.97 Å². The lowest BCUT2D eigenvalue weighted by molar-refractivity contribution is 0.0692. The Bertz CT molecular complexity index is 575. The van der Waals surface area contributed by atoms with Crippen molar-refractivity contribution in [1.29, 1.82) is 0 Å². The van der Waals surface area contributed by atoms with Crippen LogP contribution in [0.1, 0.15) is 23.0 Å². The summed E-state index contributed by atoms with van der Waals surface area (Å²) in [7, 11) is 1.55. The minimum Gasteiger partial charge on any atom is -0.496 e. The Morgan fingerprint density at radius 3 is 2.89 bits per heavy atom. The van der Waals surface area contributed by atoms with E-state index in [1.165, 1.54) is 6.33 Å². The maximum absolute atomic E-state index is 11.1. The van der Waals surface area contributed by atoms with Gasteiger partial charge in [0.15, 0.2) is 5.69 Å². The van der Waals surface area contributed by atoms with Gasteiger partial charge in [-0.15, -0.1) is 0 Å². The molecule has 18 heavy (non-hydrogen) atoms. The molecule has 94 valence electrons. The predicted molar refractivity (Wildman–Crippen MR) is 66.9 cm³/mol. The molecule has 0 saturated carbocycles. The molecule has 0 atom stereocenters. The highest BCUT2D eigenvalue weighted by Crippen LogP contribution is 2.31. The van der Waals surface area contributed by atoms with Crippen LogP contribution in [-0.2, 0) is 6.42 Å². The molecule has 0 aliphatic rings. The van der Waals surface area contributed by atoms with E-state index >= 15 is 0 Å². The van der Waals surface area contributed by atoms with Crippen molar-refractivity contribution in [2.75, 3.05) is 7.11 Å². The lowest BCUT2D eigenvalue weighted by Crippen LogP contribution is -2.00. The Hall–Kier alpha value is -2.30. The summed E-state index contributed by atoms with van der Waals surface area (Å²) < 4.78 is 5.26. The van der Waals surface area contributed by atoms with Crippen molar-refractivity contribution >= 4 is 5.97 Å². The lowest BCUT2D eigenvalue weighted by Gasteiger charge is -2.09. The Morgan fingerprint density at radius 2 is 2.28 bits per heavy atom. The molecule has 0 radical (unpaired) electrons. The lowest BCUT2D eigenvalue weighted by atomic mass is 10.0. The second kappa shape index (κ2) is 4.91. The fraction of sp³-hybridized carbons (Fsp3) is 0.231. The van der Waals surface area contributed by atoms with Crippen molar-refractivity contribution in [2.24, 2.45) is 0 Å². The molecule has 2 rings (SSSR count). The van der Waals surface area contributed by atoms with E-state index in [0.29, 0.717) is 17.0 Å². The van der Waals surface area contributed by atoms with Gasteiger partial charge in [-0.05, 0) is 24.1 Å². The Balaban J connectivity index is 2.61. The van der Waals surface area contributed by atoms with Crippen LogP contribution >= 0.6 is 0 Å². The molecule has 0 unspecified atom stereocenters. The number of carboxylic acids is 1. The number of ether oxygens (including phenoxy) is 1. The van der Waals surface area contributed by atoms with Gasteiger partial charge in [0.25, 0.3) is 0 Å². The number of benzene rings is 1. The van der Waals surface area contributed by atoms with Crippen LogP contribution in [0, 0.1) is 0 Å². The van der Waals surface area contributed by atoms with E-state index in [0.717, 1.165) is 12.0 Å². The number of imidazole rings is 1. The molecule has 2 N–H and O–H groups in total. The Labute approximate surface area is 104 Å². The number of H-pyrrole nitrogens is 1. The summed E-state index contributed by atoms with van der Waals surface area (Å²) in [6.45, 7) is 2.04. The number of aromatic amines is 1. The average molecular weight is 246 g/mol. The number of hydrogen-bond acceptors (Lipinski definition) is 3. The van der Waals surface area contributed by atoms with Gasteiger partial charge < -0.3 is 14.8 Å². The van der Waals surface area contributed by atoms with Crippen LogP contribution in [-0.4, -0.2) is 28.2 Å².